The lowest BCUT2D eigenvalue weighted by Gasteiger charge is -2.13. The Bertz CT molecular complexity index is 2140. The van der Waals surface area contributed by atoms with Gasteiger partial charge in [0, 0.05) is 22.3 Å². The van der Waals surface area contributed by atoms with Crippen LogP contribution in [-0.4, -0.2) is 15.0 Å². The summed E-state index contributed by atoms with van der Waals surface area (Å²) in [4.78, 5) is 18.1. The number of hydrogen-bond donors (Lipinski definition) is 0. The number of hydrogen-bond acceptors (Lipinski definition) is 4. The van der Waals surface area contributed by atoms with Crippen LogP contribution in [0.5, 0.6) is 0 Å². The molecule has 44 heavy (non-hydrogen) atoms. The quantitative estimate of drug-likeness (QED) is 0.196. The molecule has 0 aliphatic rings. The Morgan fingerprint density at radius 3 is 1.43 bits per heavy atom. The first-order valence-electron chi connectivity index (χ1n) is 14.1. The van der Waals surface area contributed by atoms with E-state index in [4.69, 9.17) is 21.5 Å². The second-order valence-corrected chi connectivity index (χ2v) is 10.3. The molecule has 0 aliphatic carbocycles. The fraction of sp³-hybridized carbons (Fsp3) is 0. The number of fused-ring (bicyclic) bond motifs is 1. The maximum absolute atomic E-state index is 9.52. The van der Waals surface area contributed by atoms with Crippen molar-refractivity contribution in [2.45, 2.75) is 0 Å². The second kappa shape index (κ2) is 11.4. The van der Waals surface area contributed by atoms with E-state index in [1.807, 2.05) is 84.9 Å². The highest BCUT2D eigenvalue weighted by atomic mass is 15.0. The molecule has 5 heteroatoms. The SMILES string of the molecule is [C-]#[N+]c1cc(C#N)cc(-c2ccc(-c3ccc(-c4nc(-c5ccccc5)nc(-c5ccccc5)n4)cc3)c3ccccc23)c1. The summed E-state index contributed by atoms with van der Waals surface area (Å²) in [7, 11) is 0. The molecule has 0 spiro atoms. The Balaban J connectivity index is 1.31. The molecular weight excluding hydrogens is 538 g/mol. The zero-order chi connectivity index (χ0) is 29.9. The zero-order valence-electron chi connectivity index (χ0n) is 23.5. The molecule has 0 atom stereocenters. The Hall–Kier alpha value is -6.43. The molecule has 0 saturated heterocycles. The molecule has 0 N–H and O–H groups in total. The van der Waals surface area contributed by atoms with Crippen molar-refractivity contribution in [2.75, 3.05) is 0 Å². The fourth-order valence-corrected chi connectivity index (χ4v) is 5.43. The topological polar surface area (TPSA) is 66.8 Å². The Kier molecular flexibility index (Phi) is 6.89. The maximum atomic E-state index is 9.52. The summed E-state index contributed by atoms with van der Waals surface area (Å²) < 4.78 is 0. The van der Waals surface area contributed by atoms with E-state index in [1.54, 1.807) is 6.07 Å². The predicted octanol–water partition coefficient (Wildman–Crippen LogP) is 9.78. The van der Waals surface area contributed by atoms with Gasteiger partial charge in [0.25, 0.3) is 0 Å². The van der Waals surface area contributed by atoms with Gasteiger partial charge in [-0.2, -0.15) is 5.26 Å². The van der Waals surface area contributed by atoms with Crippen molar-refractivity contribution in [1.29, 1.82) is 5.26 Å². The van der Waals surface area contributed by atoms with Gasteiger partial charge < -0.3 is 0 Å². The first kappa shape index (κ1) is 26.5. The van der Waals surface area contributed by atoms with E-state index >= 15 is 0 Å². The third-order valence-electron chi connectivity index (χ3n) is 7.56. The lowest BCUT2D eigenvalue weighted by Crippen LogP contribution is -2.00. The van der Waals surface area contributed by atoms with Crippen molar-refractivity contribution in [2.24, 2.45) is 0 Å². The molecule has 0 amide bonds. The third-order valence-corrected chi connectivity index (χ3v) is 7.56. The molecule has 1 heterocycles. The molecular formula is C39H23N5. The first-order valence-corrected chi connectivity index (χ1v) is 14.1. The van der Waals surface area contributed by atoms with E-state index < -0.39 is 0 Å². The summed E-state index contributed by atoms with van der Waals surface area (Å²) in [6, 6.07) is 48.1. The zero-order valence-corrected chi connectivity index (χ0v) is 23.5. The highest BCUT2D eigenvalue weighted by Crippen LogP contribution is 2.37. The second-order valence-electron chi connectivity index (χ2n) is 10.3. The summed E-state index contributed by atoms with van der Waals surface area (Å²) in [5.41, 5.74) is 7.66. The third kappa shape index (κ3) is 5.07. The van der Waals surface area contributed by atoms with Gasteiger partial charge in [-0.3, -0.25) is 0 Å². The van der Waals surface area contributed by atoms with Gasteiger partial charge in [-0.15, -0.1) is 0 Å². The molecule has 0 fully saturated rings. The van der Waals surface area contributed by atoms with E-state index in [0.29, 0.717) is 28.7 Å². The average molecular weight is 562 g/mol. The number of benzene rings is 6. The van der Waals surface area contributed by atoms with Gasteiger partial charge in [0.2, 0.25) is 0 Å². The molecule has 0 radical (unpaired) electrons. The van der Waals surface area contributed by atoms with Crippen molar-refractivity contribution < 1.29 is 0 Å². The van der Waals surface area contributed by atoms with Gasteiger partial charge in [0.15, 0.2) is 23.2 Å². The van der Waals surface area contributed by atoms with Crippen LogP contribution in [0.2, 0.25) is 0 Å². The van der Waals surface area contributed by atoms with Crippen molar-refractivity contribution in [3.63, 3.8) is 0 Å². The normalized spacial score (nSPS) is 10.7. The molecule has 0 bridgehead atoms. The van der Waals surface area contributed by atoms with Crippen LogP contribution in [0.4, 0.5) is 5.69 Å². The first-order chi connectivity index (χ1) is 21.7. The van der Waals surface area contributed by atoms with Crippen LogP contribution in [-0.2, 0) is 0 Å². The van der Waals surface area contributed by atoms with Crippen molar-refractivity contribution in [3.8, 4) is 62.5 Å². The molecule has 7 aromatic rings. The van der Waals surface area contributed by atoms with Crippen molar-refractivity contribution in [3.05, 3.63) is 157 Å². The summed E-state index contributed by atoms with van der Waals surface area (Å²) in [6.07, 6.45) is 0. The monoisotopic (exact) mass is 561 g/mol. The fourth-order valence-electron chi connectivity index (χ4n) is 5.43. The molecule has 204 valence electrons. The maximum Gasteiger partial charge on any atom is 0.189 e. The summed E-state index contributed by atoms with van der Waals surface area (Å²) >= 11 is 0. The smallest absolute Gasteiger partial charge is 0.189 e. The molecule has 0 aliphatic heterocycles. The summed E-state index contributed by atoms with van der Waals surface area (Å²) in [5.74, 6) is 1.86. The average Bonchev–Trinajstić information content (AvgIpc) is 3.11. The molecule has 6 aromatic carbocycles. The summed E-state index contributed by atoms with van der Waals surface area (Å²) in [6.45, 7) is 7.48. The molecule has 7 rings (SSSR count). The molecule has 0 saturated carbocycles. The van der Waals surface area contributed by atoms with Crippen LogP contribution in [0.25, 0.3) is 72.0 Å². The standard InChI is InChI=1S/C39H23N5/c1-41-32-23-26(25-40)22-31(24-32)34-21-20-33(35-14-8-9-15-36(34)35)27-16-18-30(19-17-27)39-43-37(28-10-4-2-5-11-28)42-38(44-39)29-12-6-3-7-13-29/h2-24H. The van der Waals surface area contributed by atoms with Gasteiger partial charge in [-0.1, -0.05) is 121 Å². The van der Waals surface area contributed by atoms with E-state index in [9.17, 15) is 5.26 Å². The minimum atomic E-state index is 0.451. The predicted molar refractivity (Wildman–Crippen MR) is 175 cm³/mol. The lowest BCUT2D eigenvalue weighted by molar-refractivity contribution is 1.07. The number of rotatable bonds is 5. The largest absolute Gasteiger partial charge is 0.238 e. The molecule has 5 nitrogen and oxygen atoms in total. The van der Waals surface area contributed by atoms with E-state index in [0.717, 1.165) is 49.7 Å². The highest BCUT2D eigenvalue weighted by molar-refractivity contribution is 6.05. The lowest BCUT2D eigenvalue weighted by atomic mass is 9.91. The number of aromatic nitrogens is 3. The van der Waals surface area contributed by atoms with Gasteiger partial charge in [0.1, 0.15) is 0 Å². The van der Waals surface area contributed by atoms with Crippen LogP contribution in [0.3, 0.4) is 0 Å². The van der Waals surface area contributed by atoms with Crippen molar-refractivity contribution >= 4 is 16.5 Å². The van der Waals surface area contributed by atoms with E-state index in [-0.39, 0.29) is 0 Å². The van der Waals surface area contributed by atoms with E-state index in [1.165, 1.54) is 0 Å². The van der Waals surface area contributed by atoms with Crippen molar-refractivity contribution in [1.82, 2.24) is 15.0 Å². The Morgan fingerprint density at radius 2 is 0.932 bits per heavy atom. The number of nitrogens with zero attached hydrogens (tertiary/aromatic N) is 5. The summed E-state index contributed by atoms with van der Waals surface area (Å²) in [5, 5.41) is 11.7. The molecule has 0 unspecified atom stereocenters. The Morgan fingerprint density at radius 1 is 0.477 bits per heavy atom. The van der Waals surface area contributed by atoms with Crippen LogP contribution in [0.1, 0.15) is 5.56 Å². The Labute approximate surface area is 255 Å². The minimum absolute atomic E-state index is 0.451. The van der Waals surface area contributed by atoms with Crippen LogP contribution < -0.4 is 0 Å². The van der Waals surface area contributed by atoms with Gasteiger partial charge >= 0.3 is 0 Å². The van der Waals surface area contributed by atoms with Gasteiger partial charge in [-0.05, 0) is 51.2 Å². The van der Waals surface area contributed by atoms with Crippen LogP contribution in [0, 0.1) is 17.9 Å². The van der Waals surface area contributed by atoms with Crippen LogP contribution >= 0.6 is 0 Å². The highest BCUT2D eigenvalue weighted by Gasteiger charge is 2.14. The van der Waals surface area contributed by atoms with Crippen LogP contribution in [0.15, 0.2) is 140 Å². The molecule has 1 aromatic heterocycles. The van der Waals surface area contributed by atoms with Gasteiger partial charge in [0.05, 0.1) is 12.6 Å². The number of nitriles is 1. The van der Waals surface area contributed by atoms with E-state index in [2.05, 4.69) is 59.4 Å². The minimum Gasteiger partial charge on any atom is -0.238 e. The van der Waals surface area contributed by atoms with Gasteiger partial charge in [-0.25, -0.2) is 19.8 Å².